The number of benzene rings is 2. The maximum absolute atomic E-state index is 13.3. The van der Waals surface area contributed by atoms with E-state index in [0.29, 0.717) is 42.9 Å². The number of phenolic OH excluding ortho intramolecular Hbond substituents is 1. The van der Waals surface area contributed by atoms with Crippen molar-refractivity contribution in [1.29, 1.82) is 0 Å². The Morgan fingerprint density at radius 3 is 2.60 bits per heavy atom. The molecule has 6 nitrogen and oxygen atoms in total. The fraction of sp³-hybridized carbons (Fsp3) is 0.516. The van der Waals surface area contributed by atoms with E-state index in [1.807, 2.05) is 6.07 Å². The van der Waals surface area contributed by atoms with Crippen LogP contribution in [-0.2, 0) is 22.8 Å². The fourth-order valence-electron chi connectivity index (χ4n) is 8.08. The van der Waals surface area contributed by atoms with Gasteiger partial charge in [0, 0.05) is 31.3 Å². The van der Waals surface area contributed by atoms with Gasteiger partial charge in [-0.1, -0.05) is 18.2 Å². The van der Waals surface area contributed by atoms with Crippen LogP contribution in [0.4, 0.5) is 13.2 Å². The number of ether oxygens (including phenoxy) is 1. The largest absolute Gasteiger partial charge is 0.504 e. The number of carbonyl (C=O) groups excluding carboxylic acids is 1. The number of likely N-dealkylation sites (N-methyl/N-ethyl adjacent to an activating group) is 1. The minimum Gasteiger partial charge on any atom is -0.504 e. The summed E-state index contributed by atoms with van der Waals surface area (Å²) in [5.74, 6) is 0.887. The molecule has 0 aromatic heterocycles. The third-order valence-electron chi connectivity index (χ3n) is 10.2. The minimum atomic E-state index is -4.42. The zero-order chi connectivity index (χ0) is 28.0. The van der Waals surface area contributed by atoms with Gasteiger partial charge in [-0.15, -0.1) is 0 Å². The van der Waals surface area contributed by atoms with Crippen molar-refractivity contribution in [3.8, 4) is 11.5 Å². The first-order chi connectivity index (χ1) is 19.0. The number of aliphatic hydroxyl groups is 1. The SMILES string of the molecule is CN(C(=O)C=Cc1ccc(C(F)(F)F)cc1)[C@@H]1CC[C@@]2(O)[C@H]3Cc4ccc(O)c5c4[C@@]2(CCN3CC2CC2)[C@H]1O5. The van der Waals surface area contributed by atoms with Gasteiger partial charge in [0.05, 0.1) is 22.6 Å². The molecule has 2 aliphatic heterocycles. The molecule has 5 atom stereocenters. The number of phenols is 1. The predicted octanol–water partition coefficient (Wildman–Crippen LogP) is 4.52. The lowest BCUT2D eigenvalue weighted by atomic mass is 9.48. The topological polar surface area (TPSA) is 73.2 Å². The molecule has 1 amide bonds. The number of rotatable bonds is 5. The molecule has 5 aliphatic rings. The lowest BCUT2D eigenvalue weighted by Crippen LogP contribution is -2.78. The summed E-state index contributed by atoms with van der Waals surface area (Å²) in [4.78, 5) is 17.4. The zero-order valence-electron chi connectivity index (χ0n) is 22.3. The lowest BCUT2D eigenvalue weighted by Gasteiger charge is -2.64. The van der Waals surface area contributed by atoms with Crippen LogP contribution in [0.25, 0.3) is 6.08 Å². The van der Waals surface area contributed by atoms with Crippen LogP contribution in [0, 0.1) is 5.92 Å². The van der Waals surface area contributed by atoms with Crippen molar-refractivity contribution in [1.82, 2.24) is 9.80 Å². The fourth-order valence-corrected chi connectivity index (χ4v) is 8.08. The van der Waals surface area contributed by atoms with Gasteiger partial charge in [0.1, 0.15) is 6.10 Å². The Labute approximate surface area is 231 Å². The Bertz CT molecular complexity index is 1390. The molecule has 2 N–H and O–H groups in total. The molecular weight excluding hydrogens is 521 g/mol. The monoisotopic (exact) mass is 554 g/mol. The second kappa shape index (κ2) is 8.73. The van der Waals surface area contributed by atoms with Crippen LogP contribution in [0.3, 0.4) is 0 Å². The highest BCUT2D eigenvalue weighted by molar-refractivity contribution is 5.92. The van der Waals surface area contributed by atoms with Crippen molar-refractivity contribution >= 4 is 12.0 Å². The molecule has 0 unspecified atom stereocenters. The normalized spacial score (nSPS) is 32.6. The molecule has 0 radical (unpaired) electrons. The highest BCUT2D eigenvalue weighted by Crippen LogP contribution is 2.66. The van der Waals surface area contributed by atoms with Crippen molar-refractivity contribution in [2.24, 2.45) is 5.92 Å². The van der Waals surface area contributed by atoms with E-state index in [1.54, 1.807) is 18.0 Å². The van der Waals surface area contributed by atoms with Crippen LogP contribution in [0.15, 0.2) is 42.5 Å². The van der Waals surface area contributed by atoms with Gasteiger partial charge in [-0.25, -0.2) is 0 Å². The third kappa shape index (κ3) is 3.66. The van der Waals surface area contributed by atoms with Crippen LogP contribution in [0.1, 0.15) is 54.4 Å². The molecule has 1 saturated heterocycles. The van der Waals surface area contributed by atoms with Crippen molar-refractivity contribution in [3.63, 3.8) is 0 Å². The van der Waals surface area contributed by atoms with Crippen LogP contribution in [0.5, 0.6) is 11.5 Å². The number of halogens is 3. The second-order valence-corrected chi connectivity index (χ2v) is 12.3. The highest BCUT2D eigenvalue weighted by Gasteiger charge is 2.73. The predicted molar refractivity (Wildman–Crippen MR) is 142 cm³/mol. The maximum atomic E-state index is 13.3. The molecule has 2 aromatic rings. The first kappa shape index (κ1) is 25.9. The number of piperidine rings is 1. The van der Waals surface area contributed by atoms with Gasteiger partial charge in [0.15, 0.2) is 11.5 Å². The summed E-state index contributed by atoms with van der Waals surface area (Å²) < 4.78 is 45.2. The van der Waals surface area contributed by atoms with Gasteiger partial charge in [-0.2, -0.15) is 13.2 Å². The molecule has 3 fully saturated rings. The Morgan fingerprint density at radius 2 is 1.90 bits per heavy atom. The summed E-state index contributed by atoms with van der Waals surface area (Å²) in [6.45, 7) is 1.82. The van der Waals surface area contributed by atoms with Crippen molar-refractivity contribution in [2.45, 2.75) is 73.9 Å². The van der Waals surface area contributed by atoms with Crippen LogP contribution < -0.4 is 4.74 Å². The summed E-state index contributed by atoms with van der Waals surface area (Å²) in [7, 11) is 1.71. The van der Waals surface area contributed by atoms with Crippen molar-refractivity contribution < 1.29 is 32.9 Å². The molecule has 212 valence electrons. The van der Waals surface area contributed by atoms with E-state index in [4.69, 9.17) is 4.74 Å². The highest BCUT2D eigenvalue weighted by atomic mass is 19.4. The van der Waals surface area contributed by atoms with E-state index >= 15 is 0 Å². The van der Waals surface area contributed by atoms with Gasteiger partial charge in [0.25, 0.3) is 0 Å². The standard InChI is InChI=1S/C31H33F3N2O4/c1-35(25(38)11-6-18-4-8-21(9-5-18)31(32,33)34)22-12-13-30(39)24-16-20-7-10-23(37)27-26(20)29(30,28(22)40-27)14-15-36(24)17-19-2-3-19/h4-11,19,22,24,28,37,39H,2-3,12-17H2,1H3/t22-,24-,28+,29+,30-/m1/s1. The Hall–Kier alpha value is -3.04. The third-order valence-corrected chi connectivity index (χ3v) is 10.2. The number of likely N-dealkylation sites (tertiary alicyclic amines) is 1. The molecule has 1 spiro atoms. The Morgan fingerprint density at radius 1 is 1.15 bits per heavy atom. The van der Waals surface area contributed by atoms with Crippen LogP contribution in [0.2, 0.25) is 0 Å². The number of hydrogen-bond donors (Lipinski definition) is 2. The quantitative estimate of drug-likeness (QED) is 0.532. The van der Waals surface area contributed by atoms with E-state index in [9.17, 15) is 28.2 Å². The van der Waals surface area contributed by atoms with Gasteiger partial charge in [-0.3, -0.25) is 9.69 Å². The molecule has 2 saturated carbocycles. The molecule has 9 heteroatoms. The van der Waals surface area contributed by atoms with E-state index < -0.39 is 28.9 Å². The molecule has 2 aromatic carbocycles. The number of nitrogens with zero attached hydrogens (tertiary/aromatic N) is 2. The molecule has 2 bridgehead atoms. The van der Waals surface area contributed by atoms with Gasteiger partial charge in [0.2, 0.25) is 5.91 Å². The van der Waals surface area contributed by atoms with Gasteiger partial charge in [-0.05, 0) is 86.4 Å². The molecular formula is C31H33F3N2O4. The van der Waals surface area contributed by atoms with Crippen LogP contribution >= 0.6 is 0 Å². The van der Waals surface area contributed by atoms with E-state index in [-0.39, 0.29) is 23.7 Å². The lowest BCUT2D eigenvalue weighted by molar-refractivity contribution is -0.200. The summed E-state index contributed by atoms with van der Waals surface area (Å²) in [5.41, 5.74) is -0.00276. The molecule has 3 aliphatic carbocycles. The molecule has 40 heavy (non-hydrogen) atoms. The summed E-state index contributed by atoms with van der Waals surface area (Å²) in [6, 6.07) is 7.91. The number of alkyl halides is 3. The summed E-state index contributed by atoms with van der Waals surface area (Å²) >= 11 is 0. The maximum Gasteiger partial charge on any atom is 0.416 e. The number of carbonyl (C=O) groups is 1. The van der Waals surface area contributed by atoms with E-state index in [1.165, 1.54) is 37.1 Å². The Kier molecular flexibility index (Phi) is 5.65. The summed E-state index contributed by atoms with van der Waals surface area (Å²) in [5, 5.41) is 23.4. The number of hydrogen-bond acceptors (Lipinski definition) is 5. The average molecular weight is 555 g/mol. The van der Waals surface area contributed by atoms with Crippen molar-refractivity contribution in [2.75, 3.05) is 20.1 Å². The minimum absolute atomic E-state index is 0.0440. The van der Waals surface area contributed by atoms with Crippen LogP contribution in [-0.4, -0.2) is 69.8 Å². The first-order valence-electron chi connectivity index (χ1n) is 14.1. The first-order valence-corrected chi connectivity index (χ1v) is 14.1. The van der Waals surface area contributed by atoms with E-state index in [2.05, 4.69) is 4.90 Å². The number of amides is 1. The zero-order valence-corrected chi connectivity index (χ0v) is 22.3. The van der Waals surface area contributed by atoms with Gasteiger partial charge < -0.3 is 19.8 Å². The molecule has 7 rings (SSSR count). The smallest absolute Gasteiger partial charge is 0.416 e. The average Bonchev–Trinajstić information content (AvgIpc) is 3.67. The number of aromatic hydroxyl groups is 1. The van der Waals surface area contributed by atoms with Crippen molar-refractivity contribution in [3.05, 3.63) is 64.7 Å². The van der Waals surface area contributed by atoms with E-state index in [0.717, 1.165) is 36.3 Å². The van der Waals surface area contributed by atoms with Gasteiger partial charge >= 0.3 is 6.18 Å². The summed E-state index contributed by atoms with van der Waals surface area (Å²) in [6.07, 6.45) is 2.86. The second-order valence-electron chi connectivity index (χ2n) is 12.3. The Balaban J connectivity index is 1.19. The molecule has 2 heterocycles.